The molecule has 0 aliphatic carbocycles. The molecule has 0 aliphatic heterocycles. The lowest BCUT2D eigenvalue weighted by molar-refractivity contribution is 0.306. The highest BCUT2D eigenvalue weighted by atomic mass is 32.1. The van der Waals surface area contributed by atoms with Crippen molar-refractivity contribution in [3.05, 3.63) is 105 Å². The second-order valence-corrected chi connectivity index (χ2v) is 8.69. The van der Waals surface area contributed by atoms with Gasteiger partial charge in [-0.3, -0.25) is 13.9 Å². The number of benzene rings is 2. The van der Waals surface area contributed by atoms with Gasteiger partial charge in [-0.1, -0.05) is 48.5 Å². The Morgan fingerprint density at radius 1 is 0.909 bits per heavy atom. The Bertz CT molecular complexity index is 1570. The fourth-order valence-corrected chi connectivity index (χ4v) is 4.51. The Kier molecular flexibility index (Phi) is 5.40. The van der Waals surface area contributed by atoms with E-state index in [0.29, 0.717) is 34.6 Å². The topological polar surface area (TPSA) is 66.1 Å². The van der Waals surface area contributed by atoms with Crippen LogP contribution in [-0.2, 0) is 20.7 Å². The monoisotopic (exact) mass is 455 g/mol. The molecule has 0 N–H and O–H groups in total. The average Bonchev–Trinajstić information content (AvgIpc) is 3.40. The van der Waals surface area contributed by atoms with E-state index in [1.807, 2.05) is 78.2 Å². The Labute approximate surface area is 194 Å². The molecular weight excluding hydrogens is 434 g/mol. The van der Waals surface area contributed by atoms with Gasteiger partial charge >= 0.3 is 5.69 Å². The van der Waals surface area contributed by atoms with Gasteiger partial charge in [0.2, 0.25) is 0 Å². The summed E-state index contributed by atoms with van der Waals surface area (Å²) < 4.78 is 8.56. The maximum absolute atomic E-state index is 13.2. The van der Waals surface area contributed by atoms with Gasteiger partial charge in [0.15, 0.2) is 5.65 Å². The number of ether oxygens (including phenoxy) is 1. The first-order valence-electron chi connectivity index (χ1n) is 10.4. The molecule has 5 rings (SSSR count). The maximum atomic E-state index is 13.2. The Morgan fingerprint density at radius 2 is 1.73 bits per heavy atom. The third-order valence-electron chi connectivity index (χ3n) is 5.58. The van der Waals surface area contributed by atoms with E-state index in [2.05, 4.69) is 0 Å². The van der Waals surface area contributed by atoms with Gasteiger partial charge in [0, 0.05) is 19.7 Å². The van der Waals surface area contributed by atoms with E-state index >= 15 is 0 Å². The van der Waals surface area contributed by atoms with E-state index in [-0.39, 0.29) is 5.56 Å². The van der Waals surface area contributed by atoms with Crippen LogP contribution in [0.2, 0.25) is 0 Å². The summed E-state index contributed by atoms with van der Waals surface area (Å²) in [5, 5.41) is 2.38. The van der Waals surface area contributed by atoms with Crippen molar-refractivity contribution in [2.24, 2.45) is 14.1 Å². The zero-order valence-electron chi connectivity index (χ0n) is 18.2. The van der Waals surface area contributed by atoms with Gasteiger partial charge in [0.25, 0.3) is 5.56 Å². The molecule has 0 spiro atoms. The van der Waals surface area contributed by atoms with Crippen molar-refractivity contribution in [1.82, 2.24) is 14.1 Å². The summed E-state index contributed by atoms with van der Waals surface area (Å²) in [5.41, 5.74) is 2.90. The first-order chi connectivity index (χ1) is 16.0. The SMILES string of the molecule is Cn1c(=O)c2c(-c3cccc(OCc4ccccc4)c3)cc(-c3cccs3)nc2n(C)c1=O. The van der Waals surface area contributed by atoms with Crippen LogP contribution in [0.1, 0.15) is 5.56 Å². The van der Waals surface area contributed by atoms with Gasteiger partial charge in [-0.15, -0.1) is 11.3 Å². The van der Waals surface area contributed by atoms with E-state index in [1.165, 1.54) is 11.6 Å². The first-order valence-corrected chi connectivity index (χ1v) is 11.3. The number of aromatic nitrogens is 3. The van der Waals surface area contributed by atoms with E-state index < -0.39 is 5.69 Å². The molecule has 5 aromatic rings. The van der Waals surface area contributed by atoms with Crippen LogP contribution in [0.4, 0.5) is 0 Å². The van der Waals surface area contributed by atoms with Crippen LogP contribution >= 0.6 is 11.3 Å². The van der Waals surface area contributed by atoms with Crippen molar-refractivity contribution in [2.75, 3.05) is 0 Å². The lowest BCUT2D eigenvalue weighted by Gasteiger charge is -2.14. The van der Waals surface area contributed by atoms with Crippen LogP contribution in [0.5, 0.6) is 5.75 Å². The smallest absolute Gasteiger partial charge is 0.332 e. The Balaban J connectivity index is 1.69. The summed E-state index contributed by atoms with van der Waals surface area (Å²) in [4.78, 5) is 31.4. The third-order valence-corrected chi connectivity index (χ3v) is 6.47. The molecule has 6 nitrogen and oxygen atoms in total. The minimum absolute atomic E-state index is 0.361. The molecule has 0 saturated heterocycles. The third kappa shape index (κ3) is 3.87. The normalized spacial score (nSPS) is 11.1. The van der Waals surface area contributed by atoms with Crippen molar-refractivity contribution < 1.29 is 4.74 Å². The summed E-state index contributed by atoms with van der Waals surface area (Å²) in [5.74, 6) is 0.695. The Morgan fingerprint density at radius 3 is 2.48 bits per heavy atom. The van der Waals surface area contributed by atoms with Crippen LogP contribution < -0.4 is 16.0 Å². The summed E-state index contributed by atoms with van der Waals surface area (Å²) in [6, 6.07) is 23.4. The van der Waals surface area contributed by atoms with Crippen molar-refractivity contribution in [3.63, 3.8) is 0 Å². The molecule has 0 saturated carbocycles. The van der Waals surface area contributed by atoms with E-state index in [9.17, 15) is 9.59 Å². The van der Waals surface area contributed by atoms with Crippen LogP contribution in [0.3, 0.4) is 0 Å². The van der Waals surface area contributed by atoms with E-state index in [1.54, 1.807) is 18.4 Å². The highest BCUT2D eigenvalue weighted by molar-refractivity contribution is 7.13. The van der Waals surface area contributed by atoms with Crippen molar-refractivity contribution >= 4 is 22.4 Å². The van der Waals surface area contributed by atoms with Crippen LogP contribution in [0.15, 0.2) is 87.8 Å². The average molecular weight is 456 g/mol. The molecule has 0 radical (unpaired) electrons. The number of pyridine rings is 1. The van der Waals surface area contributed by atoms with Crippen LogP contribution in [-0.4, -0.2) is 14.1 Å². The largest absolute Gasteiger partial charge is 0.489 e. The predicted molar refractivity (Wildman–Crippen MR) is 132 cm³/mol. The molecular formula is C26H21N3O3S. The van der Waals surface area contributed by atoms with Crippen LogP contribution in [0, 0.1) is 0 Å². The molecule has 2 aromatic carbocycles. The summed E-state index contributed by atoms with van der Waals surface area (Å²) >= 11 is 1.56. The van der Waals surface area contributed by atoms with E-state index in [4.69, 9.17) is 9.72 Å². The molecule has 7 heteroatoms. The fourth-order valence-electron chi connectivity index (χ4n) is 3.83. The van der Waals surface area contributed by atoms with Gasteiger partial charge in [-0.2, -0.15) is 0 Å². The molecule has 0 amide bonds. The molecule has 3 heterocycles. The van der Waals surface area contributed by atoms with Gasteiger partial charge in [-0.25, -0.2) is 9.78 Å². The first kappa shape index (κ1) is 20.9. The molecule has 0 fully saturated rings. The van der Waals surface area contributed by atoms with Gasteiger partial charge in [0.05, 0.1) is 16.0 Å². The molecule has 3 aromatic heterocycles. The Hall–Kier alpha value is -3.97. The molecule has 0 bridgehead atoms. The second-order valence-electron chi connectivity index (χ2n) is 7.74. The summed E-state index contributed by atoms with van der Waals surface area (Å²) in [6.45, 7) is 0.443. The van der Waals surface area contributed by atoms with Crippen molar-refractivity contribution in [2.45, 2.75) is 6.61 Å². The fraction of sp³-hybridized carbons (Fsp3) is 0.115. The molecule has 0 atom stereocenters. The van der Waals surface area contributed by atoms with Crippen LogP contribution in [0.25, 0.3) is 32.7 Å². The number of fused-ring (bicyclic) bond motifs is 1. The molecule has 0 unspecified atom stereocenters. The number of thiophene rings is 1. The van der Waals surface area contributed by atoms with E-state index in [0.717, 1.165) is 20.6 Å². The number of hydrogen-bond donors (Lipinski definition) is 0. The minimum Gasteiger partial charge on any atom is -0.489 e. The van der Waals surface area contributed by atoms with Gasteiger partial charge in [0.1, 0.15) is 12.4 Å². The number of hydrogen-bond acceptors (Lipinski definition) is 5. The maximum Gasteiger partial charge on any atom is 0.332 e. The minimum atomic E-state index is -0.408. The second kappa shape index (κ2) is 8.52. The number of nitrogens with zero attached hydrogens (tertiary/aromatic N) is 3. The predicted octanol–water partition coefficient (Wildman–Crippen LogP) is 4.61. The van der Waals surface area contributed by atoms with Gasteiger partial charge in [-0.05, 0) is 40.8 Å². The molecule has 164 valence electrons. The zero-order valence-corrected chi connectivity index (χ0v) is 19.0. The number of rotatable bonds is 5. The van der Waals surface area contributed by atoms with Crippen molar-refractivity contribution in [1.29, 1.82) is 0 Å². The summed E-state index contributed by atoms with van der Waals surface area (Å²) in [6.07, 6.45) is 0. The number of aryl methyl sites for hydroxylation is 1. The standard InChI is InChI=1S/C26H21N3O3S/c1-28-24-23(25(30)29(2)26(28)31)20(15-21(27-24)22-12-7-13-33-22)18-10-6-11-19(14-18)32-16-17-8-4-3-5-9-17/h3-15H,16H2,1-2H3. The molecule has 0 aliphatic rings. The highest BCUT2D eigenvalue weighted by Gasteiger charge is 2.18. The quantitative estimate of drug-likeness (QED) is 0.388. The zero-order chi connectivity index (χ0) is 22.9. The molecule has 33 heavy (non-hydrogen) atoms. The van der Waals surface area contributed by atoms with Crippen molar-refractivity contribution in [3.8, 4) is 27.4 Å². The lowest BCUT2D eigenvalue weighted by Crippen LogP contribution is -2.37. The van der Waals surface area contributed by atoms with Gasteiger partial charge < -0.3 is 4.74 Å². The lowest BCUT2D eigenvalue weighted by atomic mass is 10.0. The highest BCUT2D eigenvalue weighted by Crippen LogP contribution is 2.33. The summed E-state index contributed by atoms with van der Waals surface area (Å²) in [7, 11) is 3.12.